The molecule has 0 spiro atoms. The molecule has 14 heteroatoms. The number of rotatable bonds is 18. The highest BCUT2D eigenvalue weighted by molar-refractivity contribution is 7.98. The summed E-state index contributed by atoms with van der Waals surface area (Å²) in [6.45, 7) is 4.66. The molecule has 0 aliphatic carbocycles. The number of nitrogens with one attached hydrogen (secondary N) is 4. The van der Waals surface area contributed by atoms with Gasteiger partial charge >= 0.3 is 0 Å². The van der Waals surface area contributed by atoms with E-state index in [1.165, 1.54) is 23.5 Å². The third kappa shape index (κ3) is 13.7. The number of unbranched alkanes of at least 4 members (excludes halogenated alkanes) is 2. The van der Waals surface area contributed by atoms with E-state index in [0.29, 0.717) is 24.2 Å². The van der Waals surface area contributed by atoms with Crippen LogP contribution in [0.1, 0.15) is 30.5 Å². The summed E-state index contributed by atoms with van der Waals surface area (Å²) in [5, 5.41) is 27.4. The van der Waals surface area contributed by atoms with Crippen LogP contribution in [0.5, 0.6) is 0 Å². The molecule has 2 heterocycles. The monoisotopic (exact) mass is 625 g/mol. The highest BCUT2D eigenvalue weighted by Gasteiger charge is 2.10. The molecule has 0 amide bonds. The number of hydrogen-bond acceptors (Lipinski definition) is 9. The third-order valence-corrected chi connectivity index (χ3v) is 8.02. The van der Waals surface area contributed by atoms with E-state index >= 15 is 0 Å². The summed E-state index contributed by atoms with van der Waals surface area (Å²) in [7, 11) is 2.13. The molecule has 0 radical (unpaired) electrons. The SMILES string of the molecule is CN(CCCCCN/C(=N/CCSCc1csc(NC(=N)N)n1)NC#N)CCN(Cc1ccc(F)cc1)c1ccccn1. The lowest BCUT2D eigenvalue weighted by Gasteiger charge is -2.27. The van der Waals surface area contributed by atoms with E-state index in [9.17, 15) is 4.39 Å². The van der Waals surface area contributed by atoms with Crippen LogP contribution in [0, 0.1) is 22.7 Å². The topological polar surface area (TPSA) is 154 Å². The van der Waals surface area contributed by atoms with Crippen molar-refractivity contribution in [2.75, 3.05) is 55.7 Å². The van der Waals surface area contributed by atoms with Gasteiger partial charge in [-0.2, -0.15) is 17.0 Å². The van der Waals surface area contributed by atoms with E-state index < -0.39 is 0 Å². The summed E-state index contributed by atoms with van der Waals surface area (Å²) in [5.41, 5.74) is 7.30. The van der Waals surface area contributed by atoms with Crippen LogP contribution in [-0.2, 0) is 12.3 Å². The quantitative estimate of drug-likeness (QED) is 0.0460. The summed E-state index contributed by atoms with van der Waals surface area (Å²) >= 11 is 3.12. The molecular weight excluding hydrogens is 586 g/mol. The van der Waals surface area contributed by atoms with Gasteiger partial charge in [-0.25, -0.2) is 14.4 Å². The number of anilines is 2. The van der Waals surface area contributed by atoms with Crippen LogP contribution in [0.4, 0.5) is 15.3 Å². The minimum absolute atomic E-state index is 0.125. The lowest BCUT2D eigenvalue weighted by atomic mass is 10.2. The highest BCUT2D eigenvalue weighted by atomic mass is 32.2. The fraction of sp³-hybridized carbons (Fsp3) is 0.414. The molecule has 1 aromatic carbocycles. The first-order valence-corrected chi connectivity index (χ1v) is 16.1. The molecule has 11 nitrogen and oxygen atoms in total. The number of likely N-dealkylation sites (N-methyl/N-ethyl adjacent to an activating group) is 1. The molecule has 0 aliphatic heterocycles. The van der Waals surface area contributed by atoms with Crippen molar-refractivity contribution >= 4 is 46.0 Å². The molecule has 0 atom stereocenters. The Labute approximate surface area is 261 Å². The second-order valence-electron chi connectivity index (χ2n) is 9.73. The van der Waals surface area contributed by atoms with Crippen molar-refractivity contribution in [2.24, 2.45) is 10.7 Å². The zero-order chi connectivity index (χ0) is 30.7. The Morgan fingerprint density at radius 1 is 1.16 bits per heavy atom. The van der Waals surface area contributed by atoms with Gasteiger partial charge in [0, 0.05) is 49.3 Å². The number of hydrogen-bond donors (Lipinski definition) is 5. The summed E-state index contributed by atoms with van der Waals surface area (Å²) in [6, 6.07) is 12.5. The Morgan fingerprint density at radius 2 is 2.00 bits per heavy atom. The van der Waals surface area contributed by atoms with E-state index in [-0.39, 0.29) is 11.8 Å². The number of thiazole rings is 1. The summed E-state index contributed by atoms with van der Waals surface area (Å²) in [4.78, 5) is 17.9. The molecule has 0 unspecified atom stereocenters. The lowest BCUT2D eigenvalue weighted by molar-refractivity contribution is 0.329. The minimum atomic E-state index is -0.230. The van der Waals surface area contributed by atoms with Gasteiger partial charge in [-0.1, -0.05) is 24.6 Å². The molecule has 43 heavy (non-hydrogen) atoms. The van der Waals surface area contributed by atoms with Gasteiger partial charge in [0.25, 0.3) is 0 Å². The van der Waals surface area contributed by atoms with Gasteiger partial charge in [0.05, 0.1) is 12.2 Å². The maximum atomic E-state index is 13.4. The molecular formula is C29H40FN11S2. The Morgan fingerprint density at radius 3 is 2.74 bits per heavy atom. The predicted octanol–water partition coefficient (Wildman–Crippen LogP) is 4.04. The second kappa shape index (κ2) is 19.3. The number of halogens is 1. The molecule has 0 bridgehead atoms. The van der Waals surface area contributed by atoms with Crippen LogP contribution in [0.2, 0.25) is 0 Å². The van der Waals surface area contributed by atoms with Crippen molar-refractivity contribution < 1.29 is 4.39 Å². The number of nitrogens with two attached hydrogens (primary N) is 1. The third-order valence-electron chi connectivity index (χ3n) is 6.24. The fourth-order valence-corrected chi connectivity index (χ4v) is 5.61. The van der Waals surface area contributed by atoms with Crippen LogP contribution in [0.25, 0.3) is 0 Å². The van der Waals surface area contributed by atoms with Crippen molar-refractivity contribution in [1.29, 1.82) is 10.7 Å². The van der Waals surface area contributed by atoms with Crippen molar-refractivity contribution in [2.45, 2.75) is 31.6 Å². The van der Waals surface area contributed by atoms with Gasteiger partial charge in [-0.05, 0) is 56.3 Å². The number of nitriles is 1. The highest BCUT2D eigenvalue weighted by Crippen LogP contribution is 2.19. The number of benzene rings is 1. The van der Waals surface area contributed by atoms with E-state index in [2.05, 4.69) is 47.8 Å². The van der Waals surface area contributed by atoms with Crippen molar-refractivity contribution in [3.05, 3.63) is 71.1 Å². The largest absolute Gasteiger partial charge is 0.370 e. The van der Waals surface area contributed by atoms with E-state index in [1.54, 1.807) is 18.0 Å². The first kappa shape index (κ1) is 33.6. The fourth-order valence-electron chi connectivity index (χ4n) is 4.06. The smallest absolute Gasteiger partial charge is 0.204 e. The van der Waals surface area contributed by atoms with Gasteiger partial charge in [0.1, 0.15) is 11.6 Å². The number of thioether (sulfide) groups is 1. The van der Waals surface area contributed by atoms with Crippen LogP contribution >= 0.6 is 23.1 Å². The summed E-state index contributed by atoms with van der Waals surface area (Å²) in [5.74, 6) is 2.58. The Balaban J connectivity index is 1.29. The molecule has 0 aliphatic rings. The number of aromatic nitrogens is 2. The zero-order valence-corrected chi connectivity index (χ0v) is 26.1. The van der Waals surface area contributed by atoms with Crippen molar-refractivity contribution in [3.8, 4) is 6.19 Å². The van der Waals surface area contributed by atoms with Crippen molar-refractivity contribution in [3.63, 3.8) is 0 Å². The molecule has 2 aromatic heterocycles. The standard InChI is InChI=1S/C29H40FN11S2/c1-40(16-17-41(26-7-3-5-12-34-26)19-23-8-10-24(30)11-9-23)15-6-2-4-13-35-28(37-22-31)36-14-18-42-20-25-21-43-29(38-25)39-27(32)33/h3,5,7-12,21H,2,4,6,13-20H2,1H3,(H2,35,36,37)(H4,32,33,38,39). The van der Waals surface area contributed by atoms with Crippen LogP contribution < -0.4 is 26.6 Å². The summed E-state index contributed by atoms with van der Waals surface area (Å²) in [6.07, 6.45) is 6.83. The summed E-state index contributed by atoms with van der Waals surface area (Å²) < 4.78 is 13.4. The van der Waals surface area contributed by atoms with Crippen LogP contribution in [0.15, 0.2) is 59.0 Å². The molecule has 6 N–H and O–H groups in total. The molecule has 0 saturated heterocycles. The molecule has 3 aromatic rings. The average Bonchev–Trinajstić information content (AvgIpc) is 3.44. The number of aliphatic imine (C=N–C) groups is 1. The lowest BCUT2D eigenvalue weighted by Crippen LogP contribution is -2.35. The van der Waals surface area contributed by atoms with Gasteiger partial charge in [0.15, 0.2) is 17.3 Å². The zero-order valence-electron chi connectivity index (χ0n) is 24.4. The van der Waals surface area contributed by atoms with E-state index in [4.69, 9.17) is 16.4 Å². The Bertz CT molecular complexity index is 1300. The van der Waals surface area contributed by atoms with Gasteiger partial charge in [-0.15, -0.1) is 11.3 Å². The predicted molar refractivity (Wildman–Crippen MR) is 176 cm³/mol. The van der Waals surface area contributed by atoms with E-state index in [0.717, 1.165) is 74.0 Å². The van der Waals surface area contributed by atoms with Gasteiger partial charge in [0.2, 0.25) is 5.96 Å². The second-order valence-corrected chi connectivity index (χ2v) is 11.7. The van der Waals surface area contributed by atoms with Crippen LogP contribution in [0.3, 0.4) is 0 Å². The number of nitrogens with zero attached hydrogens (tertiary/aromatic N) is 6. The average molecular weight is 626 g/mol. The first-order chi connectivity index (χ1) is 20.9. The molecule has 0 fully saturated rings. The molecule has 230 valence electrons. The van der Waals surface area contributed by atoms with Gasteiger partial charge < -0.3 is 26.2 Å². The van der Waals surface area contributed by atoms with Gasteiger partial charge in [-0.3, -0.25) is 15.7 Å². The number of guanidine groups is 2. The maximum Gasteiger partial charge on any atom is 0.204 e. The number of pyridine rings is 1. The Hall–Kier alpha value is -3.93. The normalized spacial score (nSPS) is 11.3. The Kier molecular flexibility index (Phi) is 15.1. The van der Waals surface area contributed by atoms with Crippen molar-refractivity contribution in [1.82, 2.24) is 25.5 Å². The molecule has 0 saturated carbocycles. The maximum absolute atomic E-state index is 13.4. The first-order valence-electron chi connectivity index (χ1n) is 14.1. The molecule has 3 rings (SSSR count). The van der Waals surface area contributed by atoms with E-state index in [1.807, 2.05) is 41.9 Å². The van der Waals surface area contributed by atoms with Crippen LogP contribution in [-0.4, -0.2) is 72.3 Å². The minimum Gasteiger partial charge on any atom is -0.370 e.